The van der Waals surface area contributed by atoms with Gasteiger partial charge in [-0.2, -0.15) is 0 Å². The fraction of sp³-hybridized carbons (Fsp3) is 0. The predicted octanol–water partition coefficient (Wildman–Crippen LogP) is -0.541. The number of urea groups is 1. The van der Waals surface area contributed by atoms with E-state index < -0.39 is 27.3 Å². The molecule has 0 bridgehead atoms. The van der Waals surface area contributed by atoms with E-state index in [1.807, 2.05) is 0 Å². The molecule has 1 heterocycles. The average molecular weight is 285 g/mol. The highest BCUT2D eigenvalue weighted by atomic mass is 32.2. The molecule has 1 aromatic heterocycles. The van der Waals surface area contributed by atoms with Gasteiger partial charge < -0.3 is 5.73 Å². The minimum atomic E-state index is -4.07. The van der Waals surface area contributed by atoms with Gasteiger partial charge in [0.1, 0.15) is 4.21 Å². The zero-order valence-electron chi connectivity index (χ0n) is 7.56. The summed E-state index contributed by atoms with van der Waals surface area (Å²) in [6, 6.07) is 1.36. The number of nitrogens with one attached hydrogen (secondary N) is 1. The highest BCUT2D eigenvalue weighted by molar-refractivity contribution is 7.92. The van der Waals surface area contributed by atoms with Gasteiger partial charge in [-0.1, -0.05) is 6.07 Å². The van der Waals surface area contributed by atoms with Crippen LogP contribution in [0.4, 0.5) is 4.79 Å². The van der Waals surface area contributed by atoms with Gasteiger partial charge in [-0.25, -0.2) is 17.4 Å². The summed E-state index contributed by atoms with van der Waals surface area (Å²) in [6.45, 7) is 0. The summed E-state index contributed by atoms with van der Waals surface area (Å²) >= 11 is -1.98. The number of nitrogens with two attached hydrogens (primary N) is 1. The van der Waals surface area contributed by atoms with E-state index in [4.69, 9.17) is 10.3 Å². The number of hydrogen-bond acceptors (Lipinski definition) is 5. The molecule has 90 valence electrons. The number of carbonyl (C=O) groups is 1. The van der Waals surface area contributed by atoms with Crippen molar-refractivity contribution in [2.24, 2.45) is 5.73 Å². The number of nitrogens with zero attached hydrogens (tertiary/aromatic N) is 1. The Morgan fingerprint density at radius 3 is 2.62 bits per heavy atom. The van der Waals surface area contributed by atoms with Crippen LogP contribution in [0.1, 0.15) is 0 Å². The third kappa shape index (κ3) is 2.99. The Kier molecular flexibility index (Phi) is 3.98. The molecule has 0 aliphatic heterocycles. The van der Waals surface area contributed by atoms with E-state index in [1.165, 1.54) is 17.5 Å². The molecule has 1 unspecified atom stereocenters. The highest BCUT2D eigenvalue weighted by Crippen LogP contribution is 2.15. The van der Waals surface area contributed by atoms with Crippen molar-refractivity contribution in [3.63, 3.8) is 0 Å². The van der Waals surface area contributed by atoms with E-state index in [0.29, 0.717) is 0 Å². The van der Waals surface area contributed by atoms with E-state index in [-0.39, 0.29) is 8.62 Å². The maximum Gasteiger partial charge on any atom is 0.344 e. The van der Waals surface area contributed by atoms with Crippen molar-refractivity contribution < 1.29 is 22.0 Å². The molecule has 0 aliphatic carbocycles. The van der Waals surface area contributed by atoms with Gasteiger partial charge >= 0.3 is 6.03 Å². The second kappa shape index (κ2) is 4.88. The average Bonchev–Trinajstić information content (AvgIpc) is 2.66. The Morgan fingerprint density at radius 1 is 1.62 bits per heavy atom. The first-order valence-electron chi connectivity index (χ1n) is 3.61. The Bertz CT molecular complexity index is 481. The number of amides is 2. The lowest BCUT2D eigenvalue weighted by atomic mass is 10.7. The molecule has 16 heavy (non-hydrogen) atoms. The zero-order chi connectivity index (χ0) is 12.3. The number of sulfonamides is 1. The molecule has 0 saturated carbocycles. The Balaban J connectivity index is 2.96. The monoisotopic (exact) mass is 285 g/mol. The summed E-state index contributed by atoms with van der Waals surface area (Å²) in [5, 5.41) is 1.50. The predicted molar refractivity (Wildman–Crippen MR) is 56.8 cm³/mol. The molecule has 1 atom stereocenters. The van der Waals surface area contributed by atoms with Crippen molar-refractivity contribution in [3.05, 3.63) is 17.5 Å². The van der Waals surface area contributed by atoms with Gasteiger partial charge in [-0.15, -0.1) is 20.6 Å². The lowest BCUT2D eigenvalue weighted by Gasteiger charge is -2.15. The van der Waals surface area contributed by atoms with Gasteiger partial charge in [0.25, 0.3) is 21.3 Å². The number of rotatable bonds is 4. The minimum Gasteiger partial charge on any atom is -0.349 e. The minimum absolute atomic E-state index is 0.102. The Morgan fingerprint density at radius 2 is 2.25 bits per heavy atom. The van der Waals surface area contributed by atoms with Crippen LogP contribution < -0.4 is 10.6 Å². The van der Waals surface area contributed by atoms with Crippen molar-refractivity contribution >= 4 is 38.7 Å². The fourth-order valence-electron chi connectivity index (χ4n) is 0.724. The maximum atomic E-state index is 11.5. The van der Waals surface area contributed by atoms with E-state index >= 15 is 0 Å². The van der Waals surface area contributed by atoms with Crippen molar-refractivity contribution in [1.29, 1.82) is 0 Å². The van der Waals surface area contributed by atoms with Gasteiger partial charge in [-0.05, 0) is 11.4 Å². The summed E-state index contributed by atoms with van der Waals surface area (Å²) < 4.78 is 42.0. The van der Waals surface area contributed by atoms with Crippen LogP contribution in [-0.4, -0.2) is 27.6 Å². The lowest BCUT2D eigenvalue weighted by Crippen LogP contribution is -2.49. The number of thiophene rings is 1. The van der Waals surface area contributed by atoms with Crippen LogP contribution in [0.5, 0.6) is 0 Å². The van der Waals surface area contributed by atoms with Crippen LogP contribution in [0.3, 0.4) is 0 Å². The van der Waals surface area contributed by atoms with Crippen LogP contribution in [0.25, 0.3) is 0 Å². The third-order valence-corrected chi connectivity index (χ3v) is 4.72. The van der Waals surface area contributed by atoms with E-state index in [2.05, 4.69) is 0 Å². The first-order valence-corrected chi connectivity index (χ1v) is 7.04. The Labute approximate surface area is 97.5 Å². The smallest absolute Gasteiger partial charge is 0.344 e. The molecule has 0 fully saturated rings. The second-order valence-electron chi connectivity index (χ2n) is 2.39. The largest absolute Gasteiger partial charge is 0.349 e. The normalized spacial score (nSPS) is 13.3. The topological polar surface area (TPSA) is 130 Å². The van der Waals surface area contributed by atoms with Gasteiger partial charge in [0, 0.05) is 0 Å². The molecule has 4 N–H and O–H groups in total. The van der Waals surface area contributed by atoms with Crippen molar-refractivity contribution in [1.82, 2.24) is 9.25 Å². The highest BCUT2D eigenvalue weighted by Gasteiger charge is 2.25. The van der Waals surface area contributed by atoms with Crippen molar-refractivity contribution in [2.45, 2.75) is 4.21 Å². The Hall–Kier alpha value is -1.01. The van der Waals surface area contributed by atoms with Crippen LogP contribution in [0.2, 0.25) is 0 Å². The molecule has 0 aromatic carbocycles. The van der Waals surface area contributed by atoms with Crippen molar-refractivity contribution in [2.75, 3.05) is 0 Å². The lowest BCUT2D eigenvalue weighted by molar-refractivity contribution is 0.227. The summed E-state index contributed by atoms with van der Waals surface area (Å²) in [5.74, 6) is 0. The molecule has 11 heteroatoms. The van der Waals surface area contributed by atoms with E-state index in [9.17, 15) is 17.4 Å². The molecule has 2 amide bonds. The summed E-state index contributed by atoms with van der Waals surface area (Å²) in [5.41, 5.74) is 4.71. The first kappa shape index (κ1) is 13.1. The number of primary amides is 1. The standard InChI is InChI=1S/C5H7N3O5S3/c6-5(9)8(15(10)11)7-16(12,13)4-2-1-3-14-4/h1-3,7H,(H2,6,9)(H,10,11). The molecular weight excluding hydrogens is 278 g/mol. The molecule has 8 nitrogen and oxygen atoms in total. The van der Waals surface area contributed by atoms with Gasteiger partial charge in [0.2, 0.25) is 0 Å². The molecule has 1 rings (SSSR count). The van der Waals surface area contributed by atoms with Crippen molar-refractivity contribution in [3.8, 4) is 0 Å². The summed E-state index contributed by atoms with van der Waals surface area (Å²) in [6.07, 6.45) is 0. The van der Waals surface area contributed by atoms with Crippen LogP contribution >= 0.6 is 11.3 Å². The zero-order valence-corrected chi connectivity index (χ0v) is 10.0. The third-order valence-electron chi connectivity index (χ3n) is 1.32. The number of hydrogen-bond donors (Lipinski definition) is 3. The first-order chi connectivity index (χ1) is 7.34. The second-order valence-corrected chi connectivity index (χ2v) is 6.05. The molecule has 0 spiro atoms. The fourth-order valence-corrected chi connectivity index (χ4v) is 3.32. The molecular formula is C5H7N3O5S3. The maximum absolute atomic E-state index is 11.5. The number of hydrazine groups is 1. The molecule has 1 aromatic rings. The quantitative estimate of drug-likeness (QED) is 0.505. The molecule has 0 saturated heterocycles. The SMILES string of the molecule is NC(=O)N(NS(=O)(=O)c1cccs1)S(=O)O. The van der Waals surface area contributed by atoms with Gasteiger partial charge in [-0.3, -0.25) is 4.55 Å². The van der Waals surface area contributed by atoms with Crippen LogP contribution in [-0.2, 0) is 21.3 Å². The van der Waals surface area contributed by atoms with Crippen LogP contribution in [0, 0.1) is 0 Å². The van der Waals surface area contributed by atoms with E-state index in [1.54, 1.807) is 4.83 Å². The molecule has 0 radical (unpaired) electrons. The molecule has 0 aliphatic rings. The van der Waals surface area contributed by atoms with Gasteiger partial charge in [0.15, 0.2) is 0 Å². The van der Waals surface area contributed by atoms with E-state index in [0.717, 1.165) is 11.3 Å². The summed E-state index contributed by atoms with van der Waals surface area (Å²) in [4.78, 5) is 12.2. The van der Waals surface area contributed by atoms with Crippen LogP contribution in [0.15, 0.2) is 21.7 Å². The number of carbonyl (C=O) groups excluding carboxylic acids is 1. The summed E-state index contributed by atoms with van der Waals surface area (Å²) in [7, 11) is -4.07. The van der Waals surface area contributed by atoms with Gasteiger partial charge in [0.05, 0.1) is 0 Å².